The van der Waals surface area contributed by atoms with Gasteiger partial charge in [0.1, 0.15) is 6.04 Å². The van der Waals surface area contributed by atoms with E-state index in [1.54, 1.807) is 43.3 Å². The highest BCUT2D eigenvalue weighted by Gasteiger charge is 2.27. The van der Waals surface area contributed by atoms with E-state index in [9.17, 15) is 18.0 Å². The first-order valence-electron chi connectivity index (χ1n) is 11.5. The molecule has 10 heteroatoms. The fourth-order valence-corrected chi connectivity index (χ4v) is 4.74. The number of amides is 2. The molecule has 1 N–H and O–H groups in total. The third-order valence-electron chi connectivity index (χ3n) is 5.68. The summed E-state index contributed by atoms with van der Waals surface area (Å²) in [6, 6.07) is 12.9. The van der Waals surface area contributed by atoms with Crippen molar-refractivity contribution in [1.82, 2.24) is 10.2 Å². The molecule has 7 nitrogen and oxygen atoms in total. The number of carbonyl (C=O) groups excluding carboxylic acids is 2. The molecule has 2 atom stereocenters. The van der Waals surface area contributed by atoms with Gasteiger partial charge in [-0.2, -0.15) is 0 Å². The van der Waals surface area contributed by atoms with Crippen LogP contribution in [0.1, 0.15) is 45.6 Å². The van der Waals surface area contributed by atoms with Crippen molar-refractivity contribution in [3.05, 3.63) is 64.1 Å². The SMILES string of the molecule is CC[C@H](C)NC(=O)[C@@H](C)N(Cc1ccc(Cl)cc1)C(=O)CCCN(c1cccc(Cl)c1)S(C)(=O)=O. The van der Waals surface area contributed by atoms with Crippen molar-refractivity contribution in [3.63, 3.8) is 0 Å². The van der Waals surface area contributed by atoms with Gasteiger partial charge in [0.25, 0.3) is 0 Å². The molecule has 0 aliphatic rings. The highest BCUT2D eigenvalue weighted by atomic mass is 35.5. The number of nitrogens with one attached hydrogen (secondary N) is 1. The molecule has 0 saturated heterocycles. The molecule has 35 heavy (non-hydrogen) atoms. The minimum atomic E-state index is -3.58. The van der Waals surface area contributed by atoms with E-state index in [-0.39, 0.29) is 43.8 Å². The molecule has 2 aromatic rings. The number of carbonyl (C=O) groups is 2. The van der Waals surface area contributed by atoms with Gasteiger partial charge in [-0.15, -0.1) is 0 Å². The van der Waals surface area contributed by atoms with E-state index in [0.717, 1.165) is 18.2 Å². The van der Waals surface area contributed by atoms with Gasteiger partial charge in [0, 0.05) is 35.6 Å². The first-order chi connectivity index (χ1) is 16.4. The Morgan fingerprint density at radius 2 is 1.69 bits per heavy atom. The predicted molar refractivity (Wildman–Crippen MR) is 142 cm³/mol. The second-order valence-corrected chi connectivity index (χ2v) is 11.3. The van der Waals surface area contributed by atoms with Gasteiger partial charge in [-0.05, 0) is 62.6 Å². The maximum Gasteiger partial charge on any atom is 0.242 e. The van der Waals surface area contributed by atoms with Gasteiger partial charge in [0.15, 0.2) is 0 Å². The molecule has 0 radical (unpaired) electrons. The number of hydrogen-bond donors (Lipinski definition) is 1. The van der Waals surface area contributed by atoms with Gasteiger partial charge in [-0.3, -0.25) is 13.9 Å². The quantitative estimate of drug-likeness (QED) is 0.415. The largest absolute Gasteiger partial charge is 0.352 e. The lowest BCUT2D eigenvalue weighted by molar-refractivity contribution is -0.140. The van der Waals surface area contributed by atoms with Crippen LogP contribution in [-0.4, -0.2) is 50.0 Å². The lowest BCUT2D eigenvalue weighted by Gasteiger charge is -2.30. The minimum Gasteiger partial charge on any atom is -0.352 e. The molecule has 0 fully saturated rings. The van der Waals surface area contributed by atoms with Crippen molar-refractivity contribution in [2.75, 3.05) is 17.1 Å². The molecule has 0 spiro atoms. The fourth-order valence-electron chi connectivity index (χ4n) is 3.47. The number of anilines is 1. The Hall–Kier alpha value is -2.29. The van der Waals surface area contributed by atoms with Crippen LogP contribution in [0.15, 0.2) is 48.5 Å². The molecular formula is C25H33Cl2N3O4S. The zero-order chi connectivity index (χ0) is 26.2. The van der Waals surface area contributed by atoms with Gasteiger partial charge in [-0.1, -0.05) is 48.3 Å². The van der Waals surface area contributed by atoms with E-state index >= 15 is 0 Å². The van der Waals surface area contributed by atoms with E-state index in [1.807, 2.05) is 26.0 Å². The van der Waals surface area contributed by atoms with E-state index in [0.29, 0.717) is 15.7 Å². The second-order valence-electron chi connectivity index (χ2n) is 8.56. The van der Waals surface area contributed by atoms with Gasteiger partial charge in [0.05, 0.1) is 11.9 Å². The van der Waals surface area contributed by atoms with E-state index in [2.05, 4.69) is 5.32 Å². The fraction of sp³-hybridized carbons (Fsp3) is 0.440. The number of benzene rings is 2. The van der Waals surface area contributed by atoms with Crippen molar-refractivity contribution in [3.8, 4) is 0 Å². The Kier molecular flexibility index (Phi) is 10.9. The Morgan fingerprint density at radius 1 is 1.03 bits per heavy atom. The van der Waals surface area contributed by atoms with Crippen molar-refractivity contribution < 1.29 is 18.0 Å². The Bertz CT molecular complexity index is 1110. The number of rotatable bonds is 12. The van der Waals surface area contributed by atoms with Crippen molar-refractivity contribution in [1.29, 1.82) is 0 Å². The van der Waals surface area contributed by atoms with Gasteiger partial charge >= 0.3 is 0 Å². The number of hydrogen-bond acceptors (Lipinski definition) is 4. The molecule has 192 valence electrons. The van der Waals surface area contributed by atoms with Crippen molar-refractivity contribution >= 4 is 50.7 Å². The van der Waals surface area contributed by atoms with Crippen LogP contribution in [0.2, 0.25) is 10.0 Å². The molecular weight excluding hydrogens is 509 g/mol. The van der Waals surface area contributed by atoms with Crippen molar-refractivity contribution in [2.24, 2.45) is 0 Å². The summed E-state index contributed by atoms with van der Waals surface area (Å²) in [5.41, 5.74) is 1.27. The van der Waals surface area contributed by atoms with Gasteiger partial charge < -0.3 is 10.2 Å². The Labute approximate surface area is 218 Å². The number of sulfonamides is 1. The summed E-state index contributed by atoms with van der Waals surface area (Å²) >= 11 is 12.0. The molecule has 0 bridgehead atoms. The third-order valence-corrected chi connectivity index (χ3v) is 7.36. The summed E-state index contributed by atoms with van der Waals surface area (Å²) in [5, 5.41) is 3.93. The monoisotopic (exact) mass is 541 g/mol. The van der Waals surface area contributed by atoms with Crippen LogP contribution >= 0.6 is 23.2 Å². The molecule has 0 aliphatic heterocycles. The molecule has 2 aromatic carbocycles. The minimum absolute atomic E-state index is 0.0153. The lowest BCUT2D eigenvalue weighted by Crippen LogP contribution is -2.49. The summed E-state index contributed by atoms with van der Waals surface area (Å²) in [4.78, 5) is 27.6. The number of halogens is 2. The zero-order valence-corrected chi connectivity index (χ0v) is 22.8. The van der Waals surface area contributed by atoms with E-state index in [1.165, 1.54) is 9.21 Å². The molecule has 0 aromatic heterocycles. The summed E-state index contributed by atoms with van der Waals surface area (Å²) in [6.07, 6.45) is 2.23. The predicted octanol–water partition coefficient (Wildman–Crippen LogP) is 4.87. The topological polar surface area (TPSA) is 86.8 Å². The first-order valence-corrected chi connectivity index (χ1v) is 14.1. The summed E-state index contributed by atoms with van der Waals surface area (Å²) < 4.78 is 26.0. The van der Waals surface area contributed by atoms with Crippen LogP contribution in [0.4, 0.5) is 5.69 Å². The molecule has 0 unspecified atom stereocenters. The van der Waals surface area contributed by atoms with Crippen molar-refractivity contribution in [2.45, 2.75) is 58.7 Å². The van der Waals surface area contributed by atoms with E-state index in [4.69, 9.17) is 23.2 Å². The van der Waals surface area contributed by atoms with E-state index < -0.39 is 16.1 Å². The average molecular weight is 543 g/mol. The van der Waals surface area contributed by atoms with Crippen LogP contribution in [0.25, 0.3) is 0 Å². The Morgan fingerprint density at radius 3 is 2.26 bits per heavy atom. The summed E-state index contributed by atoms with van der Waals surface area (Å²) in [6.45, 7) is 5.91. The zero-order valence-electron chi connectivity index (χ0n) is 20.5. The summed E-state index contributed by atoms with van der Waals surface area (Å²) in [5.74, 6) is -0.482. The van der Waals surface area contributed by atoms with Crippen LogP contribution in [0, 0.1) is 0 Å². The highest BCUT2D eigenvalue weighted by Crippen LogP contribution is 2.23. The standard InChI is InChI=1S/C25H33Cl2N3O4S/c1-5-18(2)28-25(32)19(3)29(17-20-11-13-21(26)14-12-20)24(31)10-7-15-30(35(4,33)34)23-9-6-8-22(27)16-23/h6,8-9,11-14,16,18-19H,5,7,10,15,17H2,1-4H3,(H,28,32)/t18-,19+/m0/s1. The average Bonchev–Trinajstić information content (AvgIpc) is 2.79. The normalized spacial score (nSPS) is 13.1. The molecule has 0 saturated carbocycles. The Balaban J connectivity index is 2.16. The smallest absolute Gasteiger partial charge is 0.242 e. The maximum atomic E-state index is 13.3. The highest BCUT2D eigenvalue weighted by molar-refractivity contribution is 7.92. The van der Waals surface area contributed by atoms with Crippen LogP contribution in [0.5, 0.6) is 0 Å². The lowest BCUT2D eigenvalue weighted by atomic mass is 10.1. The molecule has 2 amide bonds. The summed E-state index contributed by atoms with van der Waals surface area (Å²) in [7, 11) is -3.58. The molecule has 2 rings (SSSR count). The first kappa shape index (κ1) is 28.9. The molecule has 0 aliphatic carbocycles. The third kappa shape index (κ3) is 9.02. The van der Waals surface area contributed by atoms with Crippen LogP contribution in [-0.2, 0) is 26.2 Å². The van der Waals surface area contributed by atoms with Crippen LogP contribution in [0.3, 0.4) is 0 Å². The maximum absolute atomic E-state index is 13.3. The van der Waals surface area contributed by atoms with Gasteiger partial charge in [-0.25, -0.2) is 8.42 Å². The number of nitrogens with zero attached hydrogens (tertiary/aromatic N) is 2. The van der Waals surface area contributed by atoms with Gasteiger partial charge in [0.2, 0.25) is 21.8 Å². The van der Waals surface area contributed by atoms with Crippen LogP contribution < -0.4 is 9.62 Å². The molecule has 0 heterocycles. The second kappa shape index (κ2) is 13.1.